The van der Waals surface area contributed by atoms with Crippen LogP contribution in [0.25, 0.3) is 104 Å². The van der Waals surface area contributed by atoms with Crippen molar-refractivity contribution in [3.8, 4) is 11.1 Å². The number of aromatic nitrogens is 1. The van der Waals surface area contributed by atoms with E-state index in [-0.39, 0.29) is 10.8 Å². The molecule has 4 aromatic heterocycles. The first-order valence-electron chi connectivity index (χ1n) is 26.5. The fourth-order valence-electron chi connectivity index (χ4n) is 13.2. The quantitative estimate of drug-likeness (QED) is 0.166. The van der Waals surface area contributed by atoms with Gasteiger partial charge >= 0.3 is 0 Å². The predicted molar refractivity (Wildman–Crippen MR) is 319 cm³/mol. The van der Waals surface area contributed by atoms with E-state index in [1.807, 2.05) is 6.07 Å². The van der Waals surface area contributed by atoms with Crippen LogP contribution in [0.2, 0.25) is 0 Å². The van der Waals surface area contributed by atoms with Gasteiger partial charge in [-0.1, -0.05) is 168 Å². The largest absolute Gasteiger partial charge is 0.454 e. The molecule has 4 heterocycles. The molecule has 0 amide bonds. The molecule has 5 nitrogen and oxygen atoms in total. The molecule has 0 aliphatic heterocycles. The van der Waals surface area contributed by atoms with Gasteiger partial charge in [-0.25, -0.2) is 0 Å². The average molecular weight is 978 g/mol. The molecule has 5 heteroatoms. The number of para-hydroxylation sites is 6. The van der Waals surface area contributed by atoms with Crippen LogP contribution in [0.15, 0.2) is 227 Å². The van der Waals surface area contributed by atoms with Crippen molar-refractivity contribution in [2.24, 2.45) is 0 Å². The maximum absolute atomic E-state index is 6.85. The lowest BCUT2D eigenvalue weighted by Crippen LogP contribution is -2.16. The van der Waals surface area contributed by atoms with Crippen LogP contribution in [0.5, 0.6) is 0 Å². The number of fused-ring (bicyclic) bond motifs is 17. The molecule has 0 atom stereocenters. The third-order valence-electron chi connectivity index (χ3n) is 16.8. The number of hydrogen-bond acceptors (Lipinski definition) is 4. The summed E-state index contributed by atoms with van der Waals surface area (Å²) >= 11 is 0. The van der Waals surface area contributed by atoms with Crippen LogP contribution >= 0.6 is 0 Å². The summed E-state index contributed by atoms with van der Waals surface area (Å²) in [4.78, 5) is 4.81. The minimum atomic E-state index is -0.274. The molecule has 0 saturated heterocycles. The summed E-state index contributed by atoms with van der Waals surface area (Å²) in [7, 11) is 0. The van der Waals surface area contributed by atoms with Gasteiger partial charge in [-0.15, -0.1) is 0 Å². The van der Waals surface area contributed by atoms with E-state index >= 15 is 0 Å². The molecule has 15 aromatic rings. The van der Waals surface area contributed by atoms with Gasteiger partial charge in [0.25, 0.3) is 0 Å². The zero-order valence-corrected chi connectivity index (χ0v) is 42.9. The third-order valence-corrected chi connectivity index (χ3v) is 16.8. The molecule has 11 aromatic carbocycles. The Morgan fingerprint density at radius 2 is 0.974 bits per heavy atom. The number of rotatable bonds is 6. The molecule has 0 radical (unpaired) electrons. The first-order chi connectivity index (χ1) is 37.1. The van der Waals surface area contributed by atoms with Gasteiger partial charge in [-0.2, -0.15) is 0 Å². The van der Waals surface area contributed by atoms with E-state index < -0.39 is 0 Å². The summed E-state index contributed by atoms with van der Waals surface area (Å²) in [6.45, 7) is 11.7. The third kappa shape index (κ3) is 5.91. The zero-order valence-electron chi connectivity index (χ0n) is 42.9. The molecule has 0 spiro atoms. The van der Waals surface area contributed by atoms with Gasteiger partial charge in [0.15, 0.2) is 11.2 Å². The highest BCUT2D eigenvalue weighted by atomic mass is 16.3. The Labute approximate surface area is 439 Å². The van der Waals surface area contributed by atoms with Gasteiger partial charge in [0.1, 0.15) is 11.2 Å². The highest BCUT2D eigenvalue weighted by Gasteiger charge is 2.37. The second-order valence-corrected chi connectivity index (χ2v) is 22.5. The fraction of sp³-hybridized carbons (Fsp3) is 0.0986. The van der Waals surface area contributed by atoms with E-state index in [1.54, 1.807) is 0 Å². The van der Waals surface area contributed by atoms with E-state index in [0.717, 1.165) is 78.0 Å². The maximum atomic E-state index is 6.85. The van der Waals surface area contributed by atoms with E-state index in [4.69, 9.17) is 8.83 Å². The lowest BCUT2D eigenvalue weighted by Gasteiger charge is -2.28. The molecule has 0 bridgehead atoms. The topological polar surface area (TPSA) is 37.2 Å². The summed E-state index contributed by atoms with van der Waals surface area (Å²) in [5.41, 5.74) is 19.7. The van der Waals surface area contributed by atoms with E-state index in [2.05, 4.69) is 261 Å². The maximum Gasteiger partial charge on any atom is 0.159 e. The van der Waals surface area contributed by atoms with Crippen LogP contribution in [0.3, 0.4) is 0 Å². The minimum Gasteiger partial charge on any atom is -0.454 e. The Kier molecular flexibility index (Phi) is 8.72. The van der Waals surface area contributed by atoms with Gasteiger partial charge in [0.05, 0.1) is 33.6 Å². The SMILES string of the molecule is CC(C)(C)c1cccc(N(c2cccc3c2oc2ccccc23)c2ccc3c4ccc5cc6c(cc5c4n4c5ccccc5c2c34)-c2ccc(N(c3ccccc3)c3cccc4c3oc3ccccc34)cc2C6(C)C)c1. The van der Waals surface area contributed by atoms with Gasteiger partial charge in [0, 0.05) is 71.0 Å². The molecular weight excluding hydrogens is 927 g/mol. The Hall–Kier alpha value is -9.32. The first kappa shape index (κ1) is 43.1. The minimum absolute atomic E-state index is 0.0556. The first-order valence-corrected chi connectivity index (χ1v) is 26.5. The molecule has 362 valence electrons. The summed E-state index contributed by atoms with van der Waals surface area (Å²) in [6, 6.07) is 80.1. The molecule has 0 N–H and O–H groups in total. The van der Waals surface area contributed by atoms with Crippen molar-refractivity contribution in [2.75, 3.05) is 9.80 Å². The highest BCUT2D eigenvalue weighted by molar-refractivity contribution is 6.31. The van der Waals surface area contributed by atoms with Gasteiger partial charge < -0.3 is 23.0 Å². The molecule has 0 unspecified atom stereocenters. The zero-order chi connectivity index (χ0) is 50.8. The van der Waals surface area contributed by atoms with Crippen LogP contribution in [-0.4, -0.2) is 4.40 Å². The van der Waals surface area contributed by atoms with Crippen molar-refractivity contribution < 1.29 is 8.83 Å². The number of benzene rings is 11. The predicted octanol–water partition coefficient (Wildman–Crippen LogP) is 20.3. The van der Waals surface area contributed by atoms with Crippen molar-refractivity contribution in [2.45, 2.75) is 45.4 Å². The highest BCUT2D eigenvalue weighted by Crippen LogP contribution is 2.55. The van der Waals surface area contributed by atoms with E-state index in [9.17, 15) is 0 Å². The van der Waals surface area contributed by atoms with Crippen molar-refractivity contribution in [3.63, 3.8) is 0 Å². The molecule has 0 saturated carbocycles. The molecule has 1 aliphatic rings. The fourth-order valence-corrected chi connectivity index (χ4v) is 13.2. The monoisotopic (exact) mass is 977 g/mol. The molecular formula is C71H51N3O2. The summed E-state index contributed by atoms with van der Waals surface area (Å²) in [5.74, 6) is 0. The standard InChI is InChI=1S/C71H51N3O2/c1-70(2,3)43-18-15-21-45(39-43)73(62-29-17-26-53-49-23-11-14-31-64(49)76-69(53)62)60-37-36-51-50-34-32-42-38-57-56(41-55(42)66(50)74-59-27-12-9-24-54(59)65(60)67(51)74)47-35-33-46(40-58(47)71(57,4)5)72(44-19-7-6-8-20-44)61-28-16-25-52-48-22-10-13-30-63(48)75-68(52)61/h6-41H,1-5H3. The van der Waals surface area contributed by atoms with Gasteiger partial charge in [0.2, 0.25) is 0 Å². The normalized spacial score (nSPS) is 13.4. The molecule has 1 aliphatic carbocycles. The van der Waals surface area contributed by atoms with E-state index in [0.29, 0.717) is 0 Å². The Bertz CT molecular complexity index is 4910. The lowest BCUT2D eigenvalue weighted by atomic mass is 9.81. The van der Waals surface area contributed by atoms with Crippen LogP contribution < -0.4 is 9.80 Å². The number of furan rings is 2. The molecule has 76 heavy (non-hydrogen) atoms. The second kappa shape index (κ2) is 15.4. The molecule has 0 fully saturated rings. The van der Waals surface area contributed by atoms with Crippen LogP contribution in [0.4, 0.5) is 34.1 Å². The van der Waals surface area contributed by atoms with Crippen molar-refractivity contribution in [1.82, 2.24) is 4.40 Å². The van der Waals surface area contributed by atoms with Crippen molar-refractivity contribution in [3.05, 3.63) is 235 Å². The van der Waals surface area contributed by atoms with Crippen LogP contribution in [-0.2, 0) is 10.8 Å². The smallest absolute Gasteiger partial charge is 0.159 e. The number of nitrogens with zero attached hydrogens (tertiary/aromatic N) is 3. The average Bonchev–Trinajstić information content (AvgIpc) is 4.44. The summed E-state index contributed by atoms with van der Waals surface area (Å²) < 4.78 is 16.1. The van der Waals surface area contributed by atoms with Crippen LogP contribution in [0, 0.1) is 0 Å². The summed E-state index contributed by atoms with van der Waals surface area (Å²) in [6.07, 6.45) is 0. The summed E-state index contributed by atoms with van der Waals surface area (Å²) in [5, 5.41) is 11.8. The molecule has 16 rings (SSSR count). The van der Waals surface area contributed by atoms with Crippen molar-refractivity contribution in [1.29, 1.82) is 0 Å². The number of hydrogen-bond donors (Lipinski definition) is 0. The Morgan fingerprint density at radius 3 is 1.70 bits per heavy atom. The van der Waals surface area contributed by atoms with Gasteiger partial charge in [-0.3, -0.25) is 0 Å². The lowest BCUT2D eigenvalue weighted by molar-refractivity contribution is 0.590. The van der Waals surface area contributed by atoms with Gasteiger partial charge in [-0.05, 0) is 124 Å². The number of anilines is 6. The van der Waals surface area contributed by atoms with Crippen LogP contribution in [0.1, 0.15) is 51.3 Å². The second-order valence-electron chi connectivity index (χ2n) is 22.5. The van der Waals surface area contributed by atoms with Crippen molar-refractivity contribution >= 4 is 127 Å². The Balaban J connectivity index is 0.919. The Morgan fingerprint density at radius 1 is 0.395 bits per heavy atom. The van der Waals surface area contributed by atoms with E-state index in [1.165, 1.54) is 76.7 Å².